The van der Waals surface area contributed by atoms with Crippen molar-refractivity contribution in [1.29, 1.82) is 0 Å². The minimum Gasteiger partial charge on any atom is -0.394 e. The predicted molar refractivity (Wildman–Crippen MR) is 165 cm³/mol. The summed E-state index contributed by atoms with van der Waals surface area (Å²) in [5.41, 5.74) is 0. The standard InChI is InChI=1S/C30H52O25/c1-6-11(34)24(22(45)26(46)48-6)54-30-25(55-29-20(43)16(39)13(36)8(3-32)50-29)17(40)14(37)10(52-30)5-47-27-21(44)18(41)23(9(4-33)51-27)53-28-19(42)15(38)12(35)7(2-31)49-28/h6-46H,2-5H2,1H3/t6-,7-,8-,9-,10-,11+,12-,13-,14-,15+,16+,17+,18+,19-,20-,21-,22-,23-,24+,25-,26?,27?,28?,29?,30+/m1/s1. The Hall–Kier alpha value is -1.00. The highest BCUT2D eigenvalue weighted by Crippen LogP contribution is 2.34. The molecule has 5 fully saturated rings. The largest absolute Gasteiger partial charge is 0.394 e. The molecule has 5 saturated heterocycles. The van der Waals surface area contributed by atoms with Gasteiger partial charge in [-0.15, -0.1) is 0 Å². The highest BCUT2D eigenvalue weighted by Gasteiger charge is 2.55. The molecule has 0 aliphatic carbocycles. The average Bonchev–Trinajstić information content (AvgIpc) is 3.16. The zero-order valence-electron chi connectivity index (χ0n) is 29.1. The third kappa shape index (κ3) is 9.26. The van der Waals surface area contributed by atoms with Crippen LogP contribution >= 0.6 is 0 Å². The number of aliphatic hydroxyl groups is 16. The molecule has 5 aliphatic rings. The van der Waals surface area contributed by atoms with Crippen LogP contribution in [0.3, 0.4) is 0 Å². The van der Waals surface area contributed by atoms with E-state index in [4.69, 9.17) is 42.6 Å². The van der Waals surface area contributed by atoms with Crippen LogP contribution in [0.5, 0.6) is 0 Å². The maximum absolute atomic E-state index is 11.3. The van der Waals surface area contributed by atoms with E-state index in [0.29, 0.717) is 0 Å². The van der Waals surface area contributed by atoms with Crippen molar-refractivity contribution < 1.29 is 124 Å². The Labute approximate surface area is 311 Å². The number of hydrogen-bond donors (Lipinski definition) is 16. The van der Waals surface area contributed by atoms with Gasteiger partial charge in [0.05, 0.1) is 32.5 Å². The first kappa shape index (κ1) is 45.1. The van der Waals surface area contributed by atoms with Gasteiger partial charge in [0.25, 0.3) is 0 Å². The minimum atomic E-state index is -2.08. The van der Waals surface area contributed by atoms with Gasteiger partial charge in [-0.05, 0) is 6.92 Å². The summed E-state index contributed by atoms with van der Waals surface area (Å²) in [5, 5.41) is 166. The van der Waals surface area contributed by atoms with Crippen molar-refractivity contribution in [2.24, 2.45) is 0 Å². The predicted octanol–water partition coefficient (Wildman–Crippen LogP) is -10.9. The summed E-state index contributed by atoms with van der Waals surface area (Å²) in [6, 6.07) is 0. The molecule has 5 rings (SSSR count). The van der Waals surface area contributed by atoms with Gasteiger partial charge in [-0.1, -0.05) is 0 Å². The minimum absolute atomic E-state index is 0.801. The molecule has 0 aromatic rings. The van der Waals surface area contributed by atoms with E-state index in [2.05, 4.69) is 0 Å². The zero-order chi connectivity index (χ0) is 40.6. The van der Waals surface area contributed by atoms with Gasteiger partial charge in [-0.2, -0.15) is 0 Å². The molecule has 25 atom stereocenters. The molecule has 0 aromatic carbocycles. The molecular formula is C30H52O25. The lowest BCUT2D eigenvalue weighted by molar-refractivity contribution is -0.391. The lowest BCUT2D eigenvalue weighted by Gasteiger charge is -2.48. The van der Waals surface area contributed by atoms with E-state index in [1.807, 2.05) is 0 Å². The molecule has 0 aromatic heterocycles. The molecule has 0 amide bonds. The number of rotatable bonds is 12. The van der Waals surface area contributed by atoms with Crippen molar-refractivity contribution in [3.05, 3.63) is 0 Å². The summed E-state index contributed by atoms with van der Waals surface area (Å²) in [4.78, 5) is 0. The topological polar surface area (TPSA) is 407 Å². The average molecular weight is 813 g/mol. The Morgan fingerprint density at radius 2 is 0.782 bits per heavy atom. The monoisotopic (exact) mass is 812 g/mol. The van der Waals surface area contributed by atoms with Gasteiger partial charge in [0, 0.05) is 0 Å². The van der Waals surface area contributed by atoms with Crippen molar-refractivity contribution in [3.63, 3.8) is 0 Å². The molecule has 0 bridgehead atoms. The Morgan fingerprint density at radius 3 is 1.31 bits per heavy atom. The van der Waals surface area contributed by atoms with E-state index >= 15 is 0 Å². The van der Waals surface area contributed by atoms with Crippen molar-refractivity contribution in [1.82, 2.24) is 0 Å². The van der Waals surface area contributed by atoms with E-state index < -0.39 is 180 Å². The van der Waals surface area contributed by atoms with Crippen molar-refractivity contribution in [3.8, 4) is 0 Å². The van der Waals surface area contributed by atoms with Gasteiger partial charge in [-0.3, -0.25) is 0 Å². The summed E-state index contributed by atoms with van der Waals surface area (Å²) in [6.45, 7) is -2.04. The SMILES string of the molecule is C[C@H]1OC(O)[C@H](O)[C@@H](O[C@@H]2O[C@H](COC3O[C@H](CO)[C@@H](OC4O[C@H](CO)[C@@H](O)[C@H](O)[C@H]4O)[C@@H](O)[C@H]3O)[C@@H](O)[C@H](O)[C@H]2OC2O[C@H](CO)[C@@H](O)[C@H](O)[C@H]2O)[C@H]1O. The van der Waals surface area contributed by atoms with Crippen molar-refractivity contribution >= 4 is 0 Å². The van der Waals surface area contributed by atoms with E-state index in [1.54, 1.807) is 0 Å². The fourth-order valence-corrected chi connectivity index (χ4v) is 6.84. The molecule has 55 heavy (non-hydrogen) atoms. The smallest absolute Gasteiger partial charge is 0.187 e. The summed E-state index contributed by atoms with van der Waals surface area (Å²) in [7, 11) is 0. The Kier molecular flexibility index (Phi) is 15.5. The Bertz CT molecular complexity index is 1170. The first-order chi connectivity index (χ1) is 25.9. The second-order valence-electron chi connectivity index (χ2n) is 14.0. The van der Waals surface area contributed by atoms with Crippen LogP contribution in [0, 0.1) is 0 Å². The van der Waals surface area contributed by atoms with Gasteiger partial charge in [0.2, 0.25) is 0 Å². The highest BCUT2D eigenvalue weighted by molar-refractivity contribution is 4.98. The van der Waals surface area contributed by atoms with E-state index in [-0.39, 0.29) is 0 Å². The van der Waals surface area contributed by atoms with E-state index in [9.17, 15) is 81.7 Å². The summed E-state index contributed by atoms with van der Waals surface area (Å²) in [6.07, 6.45) is -44.7. The van der Waals surface area contributed by atoms with Crippen LogP contribution in [0.25, 0.3) is 0 Å². The third-order valence-corrected chi connectivity index (χ3v) is 10.3. The second-order valence-corrected chi connectivity index (χ2v) is 14.0. The van der Waals surface area contributed by atoms with Crippen LogP contribution in [-0.4, -0.2) is 262 Å². The molecule has 0 spiro atoms. The van der Waals surface area contributed by atoms with Gasteiger partial charge >= 0.3 is 0 Å². The first-order valence-corrected chi connectivity index (χ1v) is 17.5. The van der Waals surface area contributed by atoms with Gasteiger partial charge in [0.1, 0.15) is 116 Å². The van der Waals surface area contributed by atoms with Crippen LogP contribution in [0.2, 0.25) is 0 Å². The molecule has 5 aliphatic heterocycles. The molecule has 322 valence electrons. The summed E-state index contributed by atoms with van der Waals surface area (Å²) >= 11 is 0. The lowest BCUT2D eigenvalue weighted by atomic mass is 9.96. The number of ether oxygens (including phenoxy) is 9. The summed E-state index contributed by atoms with van der Waals surface area (Å²) in [5.74, 6) is 0. The maximum atomic E-state index is 11.3. The molecule has 25 heteroatoms. The second kappa shape index (κ2) is 18.9. The van der Waals surface area contributed by atoms with Gasteiger partial charge < -0.3 is 124 Å². The first-order valence-electron chi connectivity index (χ1n) is 17.5. The van der Waals surface area contributed by atoms with Crippen molar-refractivity contribution in [2.45, 2.75) is 160 Å². The van der Waals surface area contributed by atoms with Crippen molar-refractivity contribution in [2.75, 3.05) is 26.4 Å². The highest BCUT2D eigenvalue weighted by atomic mass is 16.8. The van der Waals surface area contributed by atoms with E-state index in [1.165, 1.54) is 6.92 Å². The van der Waals surface area contributed by atoms with Crippen LogP contribution in [0.15, 0.2) is 0 Å². The normalized spacial score (nSPS) is 53.9. The zero-order valence-corrected chi connectivity index (χ0v) is 29.1. The maximum Gasteiger partial charge on any atom is 0.187 e. The number of aliphatic hydroxyl groups excluding tert-OH is 16. The van der Waals surface area contributed by atoms with Gasteiger partial charge in [-0.25, -0.2) is 0 Å². The molecular weight excluding hydrogens is 760 g/mol. The van der Waals surface area contributed by atoms with E-state index in [0.717, 1.165) is 0 Å². The lowest BCUT2D eigenvalue weighted by Crippen LogP contribution is -2.67. The summed E-state index contributed by atoms with van der Waals surface area (Å²) < 4.78 is 49.5. The molecule has 25 nitrogen and oxygen atoms in total. The molecule has 0 radical (unpaired) electrons. The van der Waals surface area contributed by atoms with Crippen LogP contribution in [-0.2, 0) is 42.6 Å². The quantitative estimate of drug-likeness (QED) is 0.0870. The van der Waals surface area contributed by atoms with Gasteiger partial charge in [0.15, 0.2) is 31.5 Å². The van der Waals surface area contributed by atoms with Crippen LogP contribution in [0.1, 0.15) is 6.92 Å². The number of hydrogen-bond acceptors (Lipinski definition) is 25. The Balaban J connectivity index is 1.30. The van der Waals surface area contributed by atoms with Crippen LogP contribution in [0.4, 0.5) is 0 Å². The molecule has 5 heterocycles. The third-order valence-electron chi connectivity index (χ3n) is 10.3. The molecule has 0 saturated carbocycles. The Morgan fingerprint density at radius 1 is 0.364 bits per heavy atom. The fourth-order valence-electron chi connectivity index (χ4n) is 6.84. The van der Waals surface area contributed by atoms with Crippen LogP contribution < -0.4 is 0 Å². The molecule has 4 unspecified atom stereocenters. The fraction of sp³-hybridized carbons (Fsp3) is 1.00. The molecule has 16 N–H and O–H groups in total.